The maximum absolute atomic E-state index is 5.80. The molecule has 0 spiro atoms. The van der Waals surface area contributed by atoms with E-state index in [1.807, 2.05) is 0 Å². The first-order valence-corrected chi connectivity index (χ1v) is 4.94. The van der Waals surface area contributed by atoms with E-state index in [9.17, 15) is 0 Å². The number of nitrogens with two attached hydrogens (primary N) is 2. The molecule has 0 amide bonds. The van der Waals surface area contributed by atoms with Gasteiger partial charge in [0.1, 0.15) is 0 Å². The van der Waals surface area contributed by atoms with Crippen LogP contribution >= 0.6 is 0 Å². The van der Waals surface area contributed by atoms with Crippen molar-refractivity contribution in [1.29, 1.82) is 0 Å². The lowest BCUT2D eigenvalue weighted by atomic mass is 9.91. The van der Waals surface area contributed by atoms with Gasteiger partial charge in [-0.25, -0.2) is 0 Å². The minimum absolute atomic E-state index is 0. The molecule has 1 fully saturated rings. The van der Waals surface area contributed by atoms with E-state index in [4.69, 9.17) is 11.5 Å². The summed E-state index contributed by atoms with van der Waals surface area (Å²) in [4.78, 5) is 0. The van der Waals surface area contributed by atoms with Crippen molar-refractivity contribution in [3.8, 4) is 0 Å². The molecule has 0 heterocycles. The molecule has 0 saturated heterocycles. The Bertz CT molecular complexity index is 336. The van der Waals surface area contributed by atoms with Crippen molar-refractivity contribution < 1.29 is 0 Å². The summed E-state index contributed by atoms with van der Waals surface area (Å²) in [5.41, 5.74) is 16.1. The molecule has 0 aliphatic heterocycles. The lowest BCUT2D eigenvalue weighted by molar-refractivity contribution is 0.718. The molecule has 2 unspecified atom stereocenters. The second-order valence-corrected chi connectivity index (χ2v) is 4.32. The average Bonchev–Trinajstić information content (AvgIpc) is 2.67. The van der Waals surface area contributed by atoms with Crippen LogP contribution in [-0.2, 0) is 0 Å². The maximum atomic E-state index is 5.80. The van der Waals surface area contributed by atoms with Crippen LogP contribution in [0.3, 0.4) is 0 Å². The molecule has 2 heteroatoms. The molecular formula is C12H18N2. The number of benzene rings is 1. The highest BCUT2D eigenvalue weighted by atomic mass is 14.7. The van der Waals surface area contributed by atoms with Crippen molar-refractivity contribution in [2.75, 3.05) is 11.5 Å². The highest BCUT2D eigenvalue weighted by Gasteiger charge is 2.36. The molecule has 2 bridgehead atoms. The number of rotatable bonds is 0. The standard InChI is InChI=1S/C11H14N2.CH4/c12-10-4-8-6-1-2-7(3-6)9(8)5-11(10)13;/h4-7H,1-3,12-13H2;1H4. The Morgan fingerprint density at radius 2 is 1.36 bits per heavy atom. The van der Waals surface area contributed by atoms with E-state index in [0.29, 0.717) is 0 Å². The summed E-state index contributed by atoms with van der Waals surface area (Å²) in [6.45, 7) is 0. The van der Waals surface area contributed by atoms with Gasteiger partial charge in [0.2, 0.25) is 0 Å². The molecule has 0 aromatic heterocycles. The zero-order valence-electron chi connectivity index (χ0n) is 7.59. The van der Waals surface area contributed by atoms with Gasteiger partial charge in [-0.3, -0.25) is 0 Å². The molecule has 14 heavy (non-hydrogen) atoms. The fourth-order valence-electron chi connectivity index (χ4n) is 2.92. The van der Waals surface area contributed by atoms with Gasteiger partial charge >= 0.3 is 0 Å². The van der Waals surface area contributed by atoms with E-state index in [1.54, 1.807) is 0 Å². The number of fused-ring (bicyclic) bond motifs is 5. The van der Waals surface area contributed by atoms with E-state index in [2.05, 4.69) is 12.1 Å². The van der Waals surface area contributed by atoms with Crippen LogP contribution in [0, 0.1) is 0 Å². The summed E-state index contributed by atoms with van der Waals surface area (Å²) in [7, 11) is 0. The maximum Gasteiger partial charge on any atom is 0.0550 e. The fraction of sp³-hybridized carbons (Fsp3) is 0.500. The topological polar surface area (TPSA) is 52.0 Å². The average molecular weight is 190 g/mol. The van der Waals surface area contributed by atoms with E-state index < -0.39 is 0 Å². The molecule has 2 aliphatic carbocycles. The van der Waals surface area contributed by atoms with Gasteiger partial charge in [0, 0.05) is 0 Å². The molecule has 76 valence electrons. The highest BCUT2D eigenvalue weighted by molar-refractivity contribution is 5.68. The lowest BCUT2D eigenvalue weighted by Gasteiger charge is -2.16. The quantitative estimate of drug-likeness (QED) is 0.618. The smallest absolute Gasteiger partial charge is 0.0550 e. The molecule has 2 atom stereocenters. The number of hydrogen-bond acceptors (Lipinski definition) is 2. The molecular weight excluding hydrogens is 172 g/mol. The normalized spacial score (nSPS) is 27.1. The van der Waals surface area contributed by atoms with E-state index in [0.717, 1.165) is 23.2 Å². The Labute approximate surface area is 85.3 Å². The number of hydrogen-bond donors (Lipinski definition) is 2. The van der Waals surface area contributed by atoms with Gasteiger partial charge in [0.15, 0.2) is 0 Å². The van der Waals surface area contributed by atoms with Gasteiger partial charge in [-0.2, -0.15) is 0 Å². The van der Waals surface area contributed by atoms with Gasteiger partial charge in [0.25, 0.3) is 0 Å². The number of nitrogen functional groups attached to an aromatic ring is 2. The largest absolute Gasteiger partial charge is 0.397 e. The molecule has 1 aromatic carbocycles. The van der Waals surface area contributed by atoms with Gasteiger partial charge < -0.3 is 11.5 Å². The van der Waals surface area contributed by atoms with Crippen LogP contribution in [0.25, 0.3) is 0 Å². The van der Waals surface area contributed by atoms with Crippen molar-refractivity contribution in [2.24, 2.45) is 0 Å². The van der Waals surface area contributed by atoms with Crippen LogP contribution in [0.2, 0.25) is 0 Å². The van der Waals surface area contributed by atoms with Crippen molar-refractivity contribution in [3.05, 3.63) is 23.3 Å². The van der Waals surface area contributed by atoms with Crippen LogP contribution in [0.4, 0.5) is 11.4 Å². The summed E-state index contributed by atoms with van der Waals surface area (Å²) >= 11 is 0. The van der Waals surface area contributed by atoms with Crippen molar-refractivity contribution >= 4 is 11.4 Å². The Balaban J connectivity index is 0.000000750. The first kappa shape index (κ1) is 9.38. The van der Waals surface area contributed by atoms with Gasteiger partial charge in [-0.1, -0.05) is 7.43 Å². The predicted octanol–water partition coefficient (Wildman–Crippen LogP) is 2.85. The summed E-state index contributed by atoms with van der Waals surface area (Å²) < 4.78 is 0. The second-order valence-electron chi connectivity index (χ2n) is 4.32. The van der Waals surface area contributed by atoms with E-state index in [1.165, 1.54) is 30.4 Å². The highest BCUT2D eigenvalue weighted by Crippen LogP contribution is 2.54. The summed E-state index contributed by atoms with van der Waals surface area (Å²) in [5, 5.41) is 0. The Kier molecular flexibility index (Phi) is 1.95. The van der Waals surface area contributed by atoms with E-state index in [-0.39, 0.29) is 7.43 Å². The molecule has 4 N–H and O–H groups in total. The van der Waals surface area contributed by atoms with Crippen LogP contribution in [-0.4, -0.2) is 0 Å². The molecule has 1 saturated carbocycles. The van der Waals surface area contributed by atoms with Gasteiger partial charge in [-0.05, 0) is 54.4 Å². The lowest BCUT2D eigenvalue weighted by Crippen LogP contribution is -2.02. The van der Waals surface area contributed by atoms with Crippen LogP contribution < -0.4 is 11.5 Å². The monoisotopic (exact) mass is 190 g/mol. The van der Waals surface area contributed by atoms with Crippen molar-refractivity contribution in [1.82, 2.24) is 0 Å². The Hall–Kier alpha value is -1.18. The predicted molar refractivity (Wildman–Crippen MR) is 61.3 cm³/mol. The van der Waals surface area contributed by atoms with Gasteiger partial charge in [-0.15, -0.1) is 0 Å². The minimum atomic E-state index is 0. The van der Waals surface area contributed by atoms with Crippen molar-refractivity contribution in [2.45, 2.75) is 38.5 Å². The third kappa shape index (κ3) is 1.03. The second kappa shape index (κ2) is 2.91. The third-order valence-corrected chi connectivity index (χ3v) is 3.60. The number of anilines is 2. The van der Waals surface area contributed by atoms with E-state index >= 15 is 0 Å². The van der Waals surface area contributed by atoms with Crippen LogP contribution in [0.5, 0.6) is 0 Å². The molecule has 2 aliphatic rings. The zero-order chi connectivity index (χ0) is 9.00. The van der Waals surface area contributed by atoms with Crippen molar-refractivity contribution in [3.63, 3.8) is 0 Å². The fourth-order valence-corrected chi connectivity index (χ4v) is 2.92. The summed E-state index contributed by atoms with van der Waals surface area (Å²) in [6, 6.07) is 4.18. The first-order valence-electron chi connectivity index (χ1n) is 4.94. The Morgan fingerprint density at radius 3 is 1.79 bits per heavy atom. The molecule has 0 radical (unpaired) electrons. The summed E-state index contributed by atoms with van der Waals surface area (Å²) in [6.07, 6.45) is 4.03. The first-order chi connectivity index (χ1) is 6.25. The molecule has 3 rings (SSSR count). The Morgan fingerprint density at radius 1 is 0.929 bits per heavy atom. The minimum Gasteiger partial charge on any atom is -0.397 e. The molecule has 1 aromatic rings. The van der Waals surface area contributed by atoms with Gasteiger partial charge in [0.05, 0.1) is 11.4 Å². The summed E-state index contributed by atoms with van der Waals surface area (Å²) in [5.74, 6) is 1.56. The molecule has 2 nitrogen and oxygen atoms in total. The SMILES string of the molecule is C.Nc1cc2c(cc1N)C1CCC2C1. The van der Waals surface area contributed by atoms with Crippen LogP contribution in [0.15, 0.2) is 12.1 Å². The third-order valence-electron chi connectivity index (χ3n) is 3.60. The van der Waals surface area contributed by atoms with Crippen LogP contribution in [0.1, 0.15) is 49.7 Å². The zero-order valence-corrected chi connectivity index (χ0v) is 7.59.